The molecular formula is C5H6O2S. The van der Waals surface area contributed by atoms with Crippen LogP contribution in [-0.2, 0) is 9.53 Å². The molecule has 1 aliphatic rings. The number of carbonyl (C=O) groups is 1. The number of hydrogen-bond acceptors (Lipinski definition) is 3. The second kappa shape index (κ2) is 2.33. The Morgan fingerprint density at radius 1 is 1.62 bits per heavy atom. The van der Waals surface area contributed by atoms with Gasteiger partial charge in [0.25, 0.3) is 0 Å². The van der Waals surface area contributed by atoms with Gasteiger partial charge >= 0.3 is 0 Å². The van der Waals surface area contributed by atoms with Gasteiger partial charge in [0.1, 0.15) is 11.5 Å². The molecule has 0 aliphatic carbocycles. The van der Waals surface area contributed by atoms with Gasteiger partial charge in [0.2, 0.25) is 0 Å². The van der Waals surface area contributed by atoms with Crippen LogP contribution in [0.2, 0.25) is 0 Å². The second-order valence-corrected chi connectivity index (χ2v) is 2.02. The van der Waals surface area contributed by atoms with E-state index in [4.69, 9.17) is 4.74 Å². The molecule has 8 heavy (non-hydrogen) atoms. The van der Waals surface area contributed by atoms with Gasteiger partial charge in [-0.05, 0) is 12.2 Å². The Hall–Kier alpha value is -0.280. The van der Waals surface area contributed by atoms with Crippen molar-refractivity contribution in [3.63, 3.8) is 0 Å². The Bertz CT molecular complexity index is 122. The van der Waals surface area contributed by atoms with E-state index in [2.05, 4.69) is 12.6 Å². The Labute approximate surface area is 52.9 Å². The van der Waals surface area contributed by atoms with Gasteiger partial charge in [-0.25, -0.2) is 0 Å². The van der Waals surface area contributed by atoms with Crippen LogP contribution in [0.3, 0.4) is 0 Å². The van der Waals surface area contributed by atoms with Gasteiger partial charge in [-0.3, -0.25) is 0 Å². The summed E-state index contributed by atoms with van der Waals surface area (Å²) >= 11 is 3.94. The predicted molar refractivity (Wildman–Crippen MR) is 32.9 cm³/mol. The van der Waals surface area contributed by atoms with Crippen LogP contribution in [-0.4, -0.2) is 17.8 Å². The first kappa shape index (κ1) is 5.85. The van der Waals surface area contributed by atoms with Crippen molar-refractivity contribution in [1.29, 1.82) is 0 Å². The molecule has 0 fully saturated rings. The number of rotatable bonds is 1. The van der Waals surface area contributed by atoms with Crippen molar-refractivity contribution in [2.24, 2.45) is 0 Å². The van der Waals surface area contributed by atoms with E-state index in [-0.39, 0.29) is 11.5 Å². The molecule has 44 valence electrons. The fourth-order valence-corrected chi connectivity index (χ4v) is 0.774. The van der Waals surface area contributed by atoms with Crippen molar-refractivity contribution < 1.29 is 9.53 Å². The van der Waals surface area contributed by atoms with Gasteiger partial charge in [0.15, 0.2) is 6.29 Å². The Balaban J connectivity index is 2.45. The maximum Gasteiger partial charge on any atom is 0.152 e. The zero-order valence-electron chi connectivity index (χ0n) is 4.15. The highest BCUT2D eigenvalue weighted by molar-refractivity contribution is 7.81. The molecule has 0 amide bonds. The molecule has 0 saturated heterocycles. The average molecular weight is 130 g/mol. The molecule has 2 atom stereocenters. The third kappa shape index (κ3) is 1.11. The van der Waals surface area contributed by atoms with Gasteiger partial charge in [-0.2, -0.15) is 0 Å². The van der Waals surface area contributed by atoms with Gasteiger partial charge < -0.3 is 9.53 Å². The maximum atomic E-state index is 9.94. The minimum Gasteiger partial charge on any atom is -0.349 e. The van der Waals surface area contributed by atoms with Crippen molar-refractivity contribution in [3.05, 3.63) is 12.2 Å². The topological polar surface area (TPSA) is 26.3 Å². The summed E-state index contributed by atoms with van der Waals surface area (Å²) in [6, 6.07) is 0. The Morgan fingerprint density at radius 2 is 2.38 bits per heavy atom. The molecular weight excluding hydrogens is 124 g/mol. The molecule has 1 aliphatic heterocycles. The lowest BCUT2D eigenvalue weighted by molar-refractivity contribution is -0.114. The van der Waals surface area contributed by atoms with Crippen molar-refractivity contribution in [2.45, 2.75) is 11.5 Å². The largest absolute Gasteiger partial charge is 0.349 e. The van der Waals surface area contributed by atoms with Crippen LogP contribution in [0.4, 0.5) is 0 Å². The lowest BCUT2D eigenvalue weighted by Gasteiger charge is -2.00. The smallest absolute Gasteiger partial charge is 0.152 e. The number of thiol groups is 1. The molecule has 1 heterocycles. The molecule has 0 saturated carbocycles. The lowest BCUT2D eigenvalue weighted by atomic mass is 10.4. The zero-order chi connectivity index (χ0) is 5.98. The molecule has 3 heteroatoms. The summed E-state index contributed by atoms with van der Waals surface area (Å²) in [5, 5.41) is 0. The van der Waals surface area contributed by atoms with E-state index in [9.17, 15) is 4.79 Å². The van der Waals surface area contributed by atoms with E-state index >= 15 is 0 Å². The number of ether oxygens (including phenoxy) is 1. The molecule has 0 aromatic heterocycles. The average Bonchev–Trinajstić information content (AvgIpc) is 2.14. The minimum atomic E-state index is -0.363. The molecule has 0 aromatic carbocycles. The van der Waals surface area contributed by atoms with E-state index in [0.717, 1.165) is 6.29 Å². The number of aldehydes is 1. The van der Waals surface area contributed by atoms with E-state index in [1.165, 1.54) is 0 Å². The van der Waals surface area contributed by atoms with Crippen molar-refractivity contribution in [1.82, 2.24) is 0 Å². The van der Waals surface area contributed by atoms with E-state index in [0.29, 0.717) is 0 Å². The minimum absolute atomic E-state index is 0.190. The van der Waals surface area contributed by atoms with Crippen molar-refractivity contribution in [2.75, 3.05) is 0 Å². The summed E-state index contributed by atoms with van der Waals surface area (Å²) < 4.78 is 4.90. The summed E-state index contributed by atoms with van der Waals surface area (Å²) in [5.74, 6) is 0. The van der Waals surface area contributed by atoms with Crippen LogP contribution in [0, 0.1) is 0 Å². The highest BCUT2D eigenvalue weighted by Crippen LogP contribution is 2.11. The van der Waals surface area contributed by atoms with Gasteiger partial charge in [-0.15, -0.1) is 12.6 Å². The molecule has 0 radical (unpaired) electrons. The summed E-state index contributed by atoms with van der Waals surface area (Å²) in [4.78, 5) is 9.94. The fourth-order valence-electron chi connectivity index (χ4n) is 0.534. The lowest BCUT2D eigenvalue weighted by Crippen LogP contribution is -2.08. The molecule has 2 nitrogen and oxygen atoms in total. The summed E-state index contributed by atoms with van der Waals surface area (Å²) in [5.41, 5.74) is -0.190. The molecule has 0 N–H and O–H groups in total. The van der Waals surface area contributed by atoms with Crippen molar-refractivity contribution >= 4 is 18.9 Å². The number of carbonyl (C=O) groups excluding carboxylic acids is 1. The van der Waals surface area contributed by atoms with Crippen LogP contribution < -0.4 is 0 Å². The van der Waals surface area contributed by atoms with Crippen LogP contribution in [0.1, 0.15) is 0 Å². The predicted octanol–water partition coefficient (Wildman–Crippen LogP) is 0.396. The summed E-state index contributed by atoms with van der Waals surface area (Å²) in [7, 11) is 0. The van der Waals surface area contributed by atoms with Gasteiger partial charge in [-0.1, -0.05) is 0 Å². The summed E-state index contributed by atoms with van der Waals surface area (Å²) in [6.45, 7) is 0. The van der Waals surface area contributed by atoms with Gasteiger partial charge in [0.05, 0.1) is 0 Å². The third-order valence-corrected chi connectivity index (χ3v) is 1.19. The quantitative estimate of drug-likeness (QED) is 0.316. The highest BCUT2D eigenvalue weighted by atomic mass is 32.1. The van der Waals surface area contributed by atoms with Crippen LogP contribution >= 0.6 is 12.6 Å². The van der Waals surface area contributed by atoms with Crippen molar-refractivity contribution in [3.8, 4) is 0 Å². The Kier molecular flexibility index (Phi) is 1.70. The summed E-state index contributed by atoms with van der Waals surface area (Å²) in [6.07, 6.45) is 3.80. The van der Waals surface area contributed by atoms with Crippen LogP contribution in [0.15, 0.2) is 12.2 Å². The zero-order valence-corrected chi connectivity index (χ0v) is 5.04. The Morgan fingerprint density at radius 3 is 2.62 bits per heavy atom. The maximum absolute atomic E-state index is 9.94. The van der Waals surface area contributed by atoms with E-state index in [1.54, 1.807) is 12.2 Å². The monoisotopic (exact) mass is 130 g/mol. The molecule has 1 rings (SSSR count). The van der Waals surface area contributed by atoms with E-state index in [1.807, 2.05) is 0 Å². The molecule has 0 bridgehead atoms. The van der Waals surface area contributed by atoms with E-state index < -0.39 is 0 Å². The first-order chi connectivity index (χ1) is 3.83. The molecule has 0 unspecified atom stereocenters. The molecule has 0 aromatic rings. The third-order valence-electron chi connectivity index (χ3n) is 0.896. The second-order valence-electron chi connectivity index (χ2n) is 1.51. The van der Waals surface area contributed by atoms with Crippen LogP contribution in [0.25, 0.3) is 0 Å². The van der Waals surface area contributed by atoms with Gasteiger partial charge in [0, 0.05) is 0 Å². The molecule has 0 spiro atoms. The standard InChI is InChI=1S/C5H6O2S/c6-3-4-1-2-5(8)7-4/h1-5,8H/t4-,5+/m0/s1. The first-order valence-corrected chi connectivity index (χ1v) is 2.82. The highest BCUT2D eigenvalue weighted by Gasteiger charge is 2.13. The fraction of sp³-hybridized carbons (Fsp3) is 0.400. The normalized spacial score (nSPS) is 35.6. The van der Waals surface area contributed by atoms with Crippen LogP contribution in [0.5, 0.6) is 0 Å². The number of hydrogen-bond donors (Lipinski definition) is 1. The first-order valence-electron chi connectivity index (χ1n) is 2.30. The SMILES string of the molecule is O=C[C@@H]1C=C[C@@H](S)O1.